The first-order chi connectivity index (χ1) is 12.1. The molecule has 1 aromatic carbocycles. The summed E-state index contributed by atoms with van der Waals surface area (Å²) < 4.78 is 14.0. The largest absolute Gasteiger partial charge is 0.382 e. The predicted octanol–water partition coefficient (Wildman–Crippen LogP) is 4.35. The minimum Gasteiger partial charge on any atom is -0.382 e. The van der Waals surface area contributed by atoms with Gasteiger partial charge in [0.05, 0.1) is 5.69 Å². The number of aryl methyl sites for hydroxylation is 1. The van der Waals surface area contributed by atoms with Gasteiger partial charge in [-0.25, -0.2) is 9.37 Å². The number of para-hydroxylation sites is 1. The number of rotatable bonds is 5. The molecule has 1 aliphatic heterocycles. The van der Waals surface area contributed by atoms with Crippen LogP contribution in [0.2, 0.25) is 5.15 Å². The van der Waals surface area contributed by atoms with Gasteiger partial charge < -0.3 is 16.0 Å². The van der Waals surface area contributed by atoms with Crippen LogP contribution in [0, 0.1) is 12.7 Å². The van der Waals surface area contributed by atoms with Crippen molar-refractivity contribution in [3.63, 3.8) is 0 Å². The molecule has 0 bridgehead atoms. The number of aromatic nitrogens is 1. The van der Waals surface area contributed by atoms with E-state index in [1.807, 2.05) is 19.1 Å². The molecular weight excluding hydrogens is 339 g/mol. The van der Waals surface area contributed by atoms with Gasteiger partial charge in [-0.1, -0.05) is 23.7 Å². The molecular formula is C19H24ClFN4. The molecule has 2 aromatic rings. The van der Waals surface area contributed by atoms with Crippen molar-refractivity contribution in [2.75, 3.05) is 23.7 Å². The average Bonchev–Trinajstić information content (AvgIpc) is 2.85. The number of nitrogens with one attached hydrogen (secondary N) is 3. The molecule has 1 aliphatic rings. The van der Waals surface area contributed by atoms with Gasteiger partial charge in [0, 0.05) is 30.0 Å². The van der Waals surface area contributed by atoms with Crippen LogP contribution in [0.25, 0.3) is 0 Å². The SMILES string of the molecule is Cc1cccc(F)c1NCc1cnc(Cl)cc1N[C@H]1CCCNCC1. The summed E-state index contributed by atoms with van der Waals surface area (Å²) in [6.07, 6.45) is 5.09. The van der Waals surface area contributed by atoms with Gasteiger partial charge in [0.1, 0.15) is 11.0 Å². The minimum absolute atomic E-state index is 0.244. The molecule has 0 spiro atoms. The lowest BCUT2D eigenvalue weighted by molar-refractivity contribution is 0.628. The highest BCUT2D eigenvalue weighted by Crippen LogP contribution is 2.25. The van der Waals surface area contributed by atoms with E-state index >= 15 is 0 Å². The van der Waals surface area contributed by atoms with Crippen molar-refractivity contribution < 1.29 is 4.39 Å². The van der Waals surface area contributed by atoms with Crippen LogP contribution in [0.3, 0.4) is 0 Å². The van der Waals surface area contributed by atoms with Gasteiger partial charge in [-0.05, 0) is 57.0 Å². The van der Waals surface area contributed by atoms with Gasteiger partial charge in [-0.3, -0.25) is 0 Å². The lowest BCUT2D eigenvalue weighted by atomic mass is 10.1. The normalized spacial score (nSPS) is 17.8. The fourth-order valence-corrected chi connectivity index (χ4v) is 3.31. The zero-order valence-electron chi connectivity index (χ0n) is 14.4. The Labute approximate surface area is 153 Å². The van der Waals surface area contributed by atoms with E-state index in [-0.39, 0.29) is 5.82 Å². The summed E-state index contributed by atoms with van der Waals surface area (Å²) in [5.74, 6) is -0.244. The molecule has 6 heteroatoms. The summed E-state index contributed by atoms with van der Waals surface area (Å²) in [5, 5.41) is 10.7. The zero-order valence-corrected chi connectivity index (χ0v) is 15.2. The first kappa shape index (κ1) is 18.0. The van der Waals surface area contributed by atoms with E-state index in [0.717, 1.165) is 49.2 Å². The van der Waals surface area contributed by atoms with E-state index in [4.69, 9.17) is 11.6 Å². The highest BCUT2D eigenvalue weighted by molar-refractivity contribution is 6.29. The third-order valence-electron chi connectivity index (χ3n) is 4.57. The maximum atomic E-state index is 14.0. The lowest BCUT2D eigenvalue weighted by Gasteiger charge is -2.20. The molecule has 0 unspecified atom stereocenters. The molecule has 134 valence electrons. The smallest absolute Gasteiger partial charge is 0.146 e. The Kier molecular flexibility index (Phi) is 6.10. The Morgan fingerprint density at radius 3 is 3.04 bits per heavy atom. The monoisotopic (exact) mass is 362 g/mol. The van der Waals surface area contributed by atoms with Crippen LogP contribution in [0.4, 0.5) is 15.8 Å². The standard InChI is InChI=1S/C19H24ClFN4/c1-13-4-2-6-16(21)19(13)24-12-14-11-23-18(20)10-17(14)25-15-5-3-8-22-9-7-15/h2,4,6,10-11,15,22,24H,3,5,7-9,12H2,1H3,(H,23,25)/t15-/m0/s1. The second-order valence-electron chi connectivity index (χ2n) is 6.47. The van der Waals surface area contributed by atoms with Crippen molar-refractivity contribution in [3.8, 4) is 0 Å². The number of hydrogen-bond acceptors (Lipinski definition) is 4. The van der Waals surface area contributed by atoms with E-state index in [9.17, 15) is 4.39 Å². The van der Waals surface area contributed by atoms with Crippen LogP contribution in [-0.2, 0) is 6.54 Å². The molecule has 1 fully saturated rings. The van der Waals surface area contributed by atoms with Gasteiger partial charge in [0.25, 0.3) is 0 Å². The maximum absolute atomic E-state index is 14.0. The van der Waals surface area contributed by atoms with Crippen LogP contribution in [0.1, 0.15) is 30.4 Å². The van der Waals surface area contributed by atoms with Crippen molar-refractivity contribution in [1.29, 1.82) is 0 Å². The van der Waals surface area contributed by atoms with Gasteiger partial charge in [-0.2, -0.15) is 0 Å². The summed E-state index contributed by atoms with van der Waals surface area (Å²) in [4.78, 5) is 4.19. The fraction of sp³-hybridized carbons (Fsp3) is 0.421. The van der Waals surface area contributed by atoms with Crippen LogP contribution in [0.5, 0.6) is 0 Å². The Hall–Kier alpha value is -1.85. The molecule has 1 aromatic heterocycles. The second kappa shape index (κ2) is 8.50. The average molecular weight is 363 g/mol. The Balaban J connectivity index is 1.74. The summed E-state index contributed by atoms with van der Waals surface area (Å²) >= 11 is 6.09. The van der Waals surface area contributed by atoms with Crippen molar-refractivity contribution in [2.45, 2.75) is 38.8 Å². The quantitative estimate of drug-likeness (QED) is 0.692. The maximum Gasteiger partial charge on any atom is 0.146 e. The Morgan fingerprint density at radius 1 is 1.32 bits per heavy atom. The van der Waals surface area contributed by atoms with Gasteiger partial charge in [0.15, 0.2) is 0 Å². The first-order valence-electron chi connectivity index (χ1n) is 8.74. The summed E-state index contributed by atoms with van der Waals surface area (Å²) in [6, 6.07) is 7.33. The minimum atomic E-state index is -0.244. The van der Waals surface area contributed by atoms with Gasteiger partial charge >= 0.3 is 0 Å². The van der Waals surface area contributed by atoms with E-state index < -0.39 is 0 Å². The van der Waals surface area contributed by atoms with Crippen molar-refractivity contribution in [2.24, 2.45) is 0 Å². The summed E-state index contributed by atoms with van der Waals surface area (Å²) in [6.45, 7) is 4.46. The van der Waals surface area contributed by atoms with Crippen LogP contribution in [-0.4, -0.2) is 24.1 Å². The third-order valence-corrected chi connectivity index (χ3v) is 4.77. The molecule has 3 rings (SSSR count). The number of nitrogens with zero attached hydrogens (tertiary/aromatic N) is 1. The lowest BCUT2D eigenvalue weighted by Crippen LogP contribution is -2.22. The number of hydrogen-bond donors (Lipinski definition) is 3. The zero-order chi connectivity index (χ0) is 17.6. The molecule has 4 nitrogen and oxygen atoms in total. The van der Waals surface area contributed by atoms with Crippen molar-refractivity contribution in [1.82, 2.24) is 10.3 Å². The van der Waals surface area contributed by atoms with Crippen LogP contribution in [0.15, 0.2) is 30.5 Å². The van der Waals surface area contributed by atoms with E-state index in [1.165, 1.54) is 6.07 Å². The summed E-state index contributed by atoms with van der Waals surface area (Å²) in [7, 11) is 0. The Morgan fingerprint density at radius 2 is 2.20 bits per heavy atom. The molecule has 25 heavy (non-hydrogen) atoms. The van der Waals surface area contributed by atoms with Crippen molar-refractivity contribution >= 4 is 23.0 Å². The first-order valence-corrected chi connectivity index (χ1v) is 9.12. The molecule has 1 saturated heterocycles. The Bertz CT molecular complexity index is 694. The van der Waals surface area contributed by atoms with Gasteiger partial charge in [-0.15, -0.1) is 0 Å². The van der Waals surface area contributed by atoms with Gasteiger partial charge in [0.2, 0.25) is 0 Å². The molecule has 2 heterocycles. The summed E-state index contributed by atoms with van der Waals surface area (Å²) in [5.41, 5.74) is 3.35. The number of benzene rings is 1. The van der Waals surface area contributed by atoms with Crippen LogP contribution < -0.4 is 16.0 Å². The second-order valence-corrected chi connectivity index (χ2v) is 6.86. The van der Waals surface area contributed by atoms with Crippen LogP contribution >= 0.6 is 11.6 Å². The van der Waals surface area contributed by atoms with E-state index in [2.05, 4.69) is 20.9 Å². The number of halogens is 2. The molecule has 0 aliphatic carbocycles. The van der Waals surface area contributed by atoms with Crippen molar-refractivity contribution in [3.05, 3.63) is 52.6 Å². The molecule has 1 atom stereocenters. The number of anilines is 2. The highest BCUT2D eigenvalue weighted by atomic mass is 35.5. The molecule has 0 amide bonds. The van der Waals surface area contributed by atoms with E-state index in [1.54, 1.807) is 12.3 Å². The highest BCUT2D eigenvalue weighted by Gasteiger charge is 2.14. The number of pyridine rings is 1. The predicted molar refractivity (Wildman–Crippen MR) is 102 cm³/mol. The van der Waals surface area contributed by atoms with E-state index in [0.29, 0.717) is 23.4 Å². The fourth-order valence-electron chi connectivity index (χ4n) is 3.16. The third kappa shape index (κ3) is 4.83. The molecule has 3 N–H and O–H groups in total. The molecule has 0 saturated carbocycles. The topological polar surface area (TPSA) is 49.0 Å². The molecule has 0 radical (unpaired) electrons.